The highest BCUT2D eigenvalue weighted by molar-refractivity contribution is 7.89. The predicted molar refractivity (Wildman–Crippen MR) is 66.7 cm³/mol. The van der Waals surface area contributed by atoms with E-state index in [2.05, 4.69) is 4.72 Å². The highest BCUT2D eigenvalue weighted by Crippen LogP contribution is 2.20. The number of piperidine rings is 1. The fraction of sp³-hybridized carbons (Fsp3) is 1.00. The van der Waals surface area contributed by atoms with Crippen molar-refractivity contribution < 1.29 is 16.8 Å². The fourth-order valence-corrected chi connectivity index (χ4v) is 3.83. The number of rotatable bonds is 5. The van der Waals surface area contributed by atoms with E-state index in [9.17, 15) is 16.8 Å². The maximum absolute atomic E-state index is 11.8. The van der Waals surface area contributed by atoms with Gasteiger partial charge in [0.2, 0.25) is 20.0 Å². The monoisotopic (exact) mass is 284 g/mol. The molecule has 1 aliphatic heterocycles. The lowest BCUT2D eigenvalue weighted by atomic mass is 10.1. The van der Waals surface area contributed by atoms with Gasteiger partial charge in [-0.05, 0) is 19.8 Å². The summed E-state index contributed by atoms with van der Waals surface area (Å²) in [6.07, 6.45) is 3.57. The molecule has 1 rings (SSSR count). The van der Waals surface area contributed by atoms with Gasteiger partial charge in [-0.2, -0.15) is 4.31 Å². The summed E-state index contributed by atoms with van der Waals surface area (Å²) in [4.78, 5) is 0. The van der Waals surface area contributed by atoms with Crippen LogP contribution in [0.4, 0.5) is 0 Å². The molecular weight excluding hydrogens is 264 g/mol. The van der Waals surface area contributed by atoms with Crippen LogP contribution in [0.2, 0.25) is 0 Å². The topological polar surface area (TPSA) is 83.6 Å². The van der Waals surface area contributed by atoms with Crippen molar-refractivity contribution in [3.63, 3.8) is 0 Å². The normalized spacial score (nSPS) is 23.8. The average molecular weight is 284 g/mol. The Labute approximate surface area is 103 Å². The third kappa shape index (κ3) is 4.53. The Morgan fingerprint density at radius 2 is 1.88 bits per heavy atom. The molecule has 1 fully saturated rings. The molecular formula is C9H20N2O4S2. The van der Waals surface area contributed by atoms with E-state index in [0.717, 1.165) is 19.1 Å². The average Bonchev–Trinajstić information content (AvgIpc) is 2.26. The molecule has 0 saturated carbocycles. The van der Waals surface area contributed by atoms with Crippen LogP contribution in [0.25, 0.3) is 0 Å². The number of nitrogens with zero attached hydrogens (tertiary/aromatic N) is 1. The van der Waals surface area contributed by atoms with Crippen molar-refractivity contribution in [2.24, 2.45) is 0 Å². The van der Waals surface area contributed by atoms with Gasteiger partial charge >= 0.3 is 0 Å². The molecule has 17 heavy (non-hydrogen) atoms. The lowest BCUT2D eigenvalue weighted by Gasteiger charge is -2.34. The van der Waals surface area contributed by atoms with Crippen molar-refractivity contribution in [2.75, 3.05) is 25.1 Å². The van der Waals surface area contributed by atoms with E-state index in [1.165, 1.54) is 4.31 Å². The van der Waals surface area contributed by atoms with Crippen LogP contribution in [0.5, 0.6) is 0 Å². The van der Waals surface area contributed by atoms with Crippen molar-refractivity contribution in [3.05, 3.63) is 0 Å². The van der Waals surface area contributed by atoms with Gasteiger partial charge in [-0.25, -0.2) is 21.6 Å². The molecule has 0 radical (unpaired) electrons. The van der Waals surface area contributed by atoms with E-state index in [1.54, 1.807) is 6.92 Å². The molecule has 1 atom stereocenters. The fourth-order valence-electron chi connectivity index (χ4n) is 1.96. The molecule has 1 N–H and O–H groups in total. The van der Waals surface area contributed by atoms with Gasteiger partial charge in [-0.1, -0.05) is 6.42 Å². The zero-order chi connectivity index (χ0) is 13.1. The third-order valence-electron chi connectivity index (χ3n) is 2.88. The summed E-state index contributed by atoms with van der Waals surface area (Å²) in [5.74, 6) is 0.0579. The maximum Gasteiger partial charge on any atom is 0.214 e. The molecule has 0 aliphatic carbocycles. The van der Waals surface area contributed by atoms with Crippen LogP contribution in [-0.2, 0) is 20.0 Å². The van der Waals surface area contributed by atoms with Crippen LogP contribution in [0.15, 0.2) is 0 Å². The van der Waals surface area contributed by atoms with Crippen LogP contribution in [-0.4, -0.2) is 52.3 Å². The van der Waals surface area contributed by atoms with Gasteiger partial charge in [-0.15, -0.1) is 0 Å². The molecule has 0 aromatic rings. The summed E-state index contributed by atoms with van der Waals surface area (Å²) < 4.78 is 49.5. The van der Waals surface area contributed by atoms with Gasteiger partial charge in [0.15, 0.2) is 0 Å². The van der Waals surface area contributed by atoms with E-state index >= 15 is 0 Å². The molecule has 1 heterocycles. The van der Waals surface area contributed by atoms with E-state index in [1.807, 2.05) is 0 Å². The summed E-state index contributed by atoms with van der Waals surface area (Å²) in [5, 5.41) is 0. The Kier molecular flexibility index (Phi) is 4.94. The first-order valence-corrected chi connectivity index (χ1v) is 9.20. The smallest absolute Gasteiger partial charge is 0.214 e. The molecule has 8 heteroatoms. The summed E-state index contributed by atoms with van der Waals surface area (Å²) >= 11 is 0. The summed E-state index contributed by atoms with van der Waals surface area (Å²) in [6.45, 7) is 2.26. The lowest BCUT2D eigenvalue weighted by molar-refractivity contribution is 0.253. The summed E-state index contributed by atoms with van der Waals surface area (Å²) in [7, 11) is -6.51. The quantitative estimate of drug-likeness (QED) is 0.754. The molecule has 1 aliphatic rings. The molecule has 6 nitrogen and oxygen atoms in total. The van der Waals surface area contributed by atoms with Gasteiger partial charge in [0.25, 0.3) is 0 Å². The second kappa shape index (κ2) is 5.64. The predicted octanol–water partition coefficient (Wildman–Crippen LogP) is -0.260. The molecule has 1 saturated heterocycles. The molecule has 102 valence electrons. The minimum Gasteiger partial charge on any atom is -0.214 e. The molecule has 0 bridgehead atoms. The second-order valence-corrected chi connectivity index (χ2v) is 8.32. The SMILES string of the molecule is CCS(=O)(=O)N1CCCCC1CNS(C)(=O)=O. The van der Waals surface area contributed by atoms with Gasteiger partial charge < -0.3 is 0 Å². The van der Waals surface area contributed by atoms with Gasteiger partial charge in [0.1, 0.15) is 0 Å². The first-order valence-electron chi connectivity index (χ1n) is 5.70. The standard InChI is InChI=1S/C9H20N2O4S2/c1-3-17(14,15)11-7-5-4-6-9(11)8-10-16(2,12)13/h9-10H,3-8H2,1-2H3. The van der Waals surface area contributed by atoms with Crippen LogP contribution >= 0.6 is 0 Å². The number of nitrogens with one attached hydrogen (secondary N) is 1. The van der Waals surface area contributed by atoms with Crippen LogP contribution in [0.1, 0.15) is 26.2 Å². The maximum atomic E-state index is 11.8. The van der Waals surface area contributed by atoms with E-state index in [-0.39, 0.29) is 18.3 Å². The van der Waals surface area contributed by atoms with E-state index in [0.29, 0.717) is 13.0 Å². The molecule has 0 amide bonds. The zero-order valence-corrected chi connectivity index (χ0v) is 11.8. The number of hydrogen-bond acceptors (Lipinski definition) is 4. The van der Waals surface area contributed by atoms with Crippen molar-refractivity contribution >= 4 is 20.0 Å². The lowest BCUT2D eigenvalue weighted by Crippen LogP contribution is -2.49. The Morgan fingerprint density at radius 3 is 2.41 bits per heavy atom. The Morgan fingerprint density at radius 1 is 1.24 bits per heavy atom. The minimum atomic E-state index is -3.27. The van der Waals surface area contributed by atoms with Crippen molar-refractivity contribution in [1.82, 2.24) is 9.03 Å². The molecule has 1 unspecified atom stereocenters. The molecule has 0 aromatic heterocycles. The highest BCUT2D eigenvalue weighted by Gasteiger charge is 2.31. The number of sulfonamides is 2. The van der Waals surface area contributed by atoms with Crippen molar-refractivity contribution in [2.45, 2.75) is 32.2 Å². The van der Waals surface area contributed by atoms with Crippen molar-refractivity contribution in [1.29, 1.82) is 0 Å². The molecule has 0 spiro atoms. The van der Waals surface area contributed by atoms with E-state index in [4.69, 9.17) is 0 Å². The van der Waals surface area contributed by atoms with Crippen LogP contribution in [0.3, 0.4) is 0 Å². The van der Waals surface area contributed by atoms with Crippen molar-refractivity contribution in [3.8, 4) is 0 Å². The zero-order valence-electron chi connectivity index (χ0n) is 10.2. The Balaban J connectivity index is 2.74. The Bertz CT molecular complexity index is 444. The van der Waals surface area contributed by atoms with Gasteiger partial charge in [-0.3, -0.25) is 0 Å². The largest absolute Gasteiger partial charge is 0.214 e. The Hall–Kier alpha value is -0.180. The van der Waals surface area contributed by atoms with E-state index < -0.39 is 20.0 Å². The highest BCUT2D eigenvalue weighted by atomic mass is 32.2. The van der Waals surface area contributed by atoms with Gasteiger partial charge in [0, 0.05) is 19.1 Å². The summed E-state index contributed by atoms with van der Waals surface area (Å²) in [5.41, 5.74) is 0. The molecule has 0 aromatic carbocycles. The van der Waals surface area contributed by atoms with Gasteiger partial charge in [0.05, 0.1) is 12.0 Å². The third-order valence-corrected chi connectivity index (χ3v) is 5.49. The number of hydrogen-bond donors (Lipinski definition) is 1. The van der Waals surface area contributed by atoms with Crippen LogP contribution in [0, 0.1) is 0 Å². The first kappa shape index (κ1) is 14.9. The summed E-state index contributed by atoms with van der Waals surface area (Å²) in [6, 6.07) is -0.247. The second-order valence-electron chi connectivity index (χ2n) is 4.28. The van der Waals surface area contributed by atoms with Crippen LogP contribution < -0.4 is 4.72 Å². The first-order chi connectivity index (χ1) is 7.76. The minimum absolute atomic E-state index is 0.0579.